The van der Waals surface area contributed by atoms with E-state index < -0.39 is 0 Å². The van der Waals surface area contributed by atoms with Crippen LogP contribution in [0.2, 0.25) is 0 Å². The highest BCUT2D eigenvalue weighted by molar-refractivity contribution is 8.24. The molecule has 0 spiro atoms. The molecule has 2 amide bonds. The number of hydrogen-bond donors (Lipinski definition) is 1. The number of thioether (sulfide) groups is 1. The zero-order chi connectivity index (χ0) is 16.3. The number of anilines is 1. The lowest BCUT2D eigenvalue weighted by Crippen LogP contribution is -2.34. The summed E-state index contributed by atoms with van der Waals surface area (Å²) in [5.74, 6) is -0.0775. The molecule has 1 fully saturated rings. The minimum Gasteiger partial charge on any atom is -0.326 e. The zero-order valence-electron chi connectivity index (χ0n) is 13.0. The molecule has 1 aliphatic rings. The highest BCUT2D eigenvalue weighted by Crippen LogP contribution is 2.29. The highest BCUT2D eigenvalue weighted by atomic mass is 32.2. The molecule has 1 aliphatic heterocycles. The van der Waals surface area contributed by atoms with Crippen LogP contribution in [-0.4, -0.2) is 32.8 Å². The summed E-state index contributed by atoms with van der Waals surface area (Å²) >= 11 is 6.63. The molecule has 0 saturated carbocycles. The Balaban J connectivity index is 1.92. The maximum Gasteiger partial charge on any atom is 0.241 e. The second-order valence-electron chi connectivity index (χ2n) is 5.39. The van der Waals surface area contributed by atoms with Crippen LogP contribution >= 0.6 is 24.0 Å². The first-order chi connectivity index (χ1) is 10.4. The number of nitrogens with one attached hydrogen (secondary N) is 1. The number of carbonyl (C=O) groups is 2. The van der Waals surface area contributed by atoms with E-state index >= 15 is 0 Å². The zero-order valence-corrected chi connectivity index (χ0v) is 14.6. The molecule has 0 radical (unpaired) electrons. The predicted molar refractivity (Wildman–Crippen MR) is 95.1 cm³/mol. The number of nitrogens with zero attached hydrogens (tertiary/aromatic N) is 1. The third-order valence-electron chi connectivity index (χ3n) is 3.61. The van der Waals surface area contributed by atoms with Crippen LogP contribution < -0.4 is 5.32 Å². The van der Waals surface area contributed by atoms with Gasteiger partial charge < -0.3 is 5.32 Å². The van der Waals surface area contributed by atoms with Gasteiger partial charge >= 0.3 is 0 Å². The van der Waals surface area contributed by atoms with Crippen LogP contribution in [0.1, 0.15) is 30.9 Å². The average molecular weight is 336 g/mol. The van der Waals surface area contributed by atoms with Gasteiger partial charge in [-0.2, -0.15) is 0 Å². The van der Waals surface area contributed by atoms with Crippen LogP contribution in [0.4, 0.5) is 5.69 Å². The molecule has 1 saturated heterocycles. The number of carbonyl (C=O) groups excluding carboxylic acids is 2. The summed E-state index contributed by atoms with van der Waals surface area (Å²) in [6, 6.07) is 5.93. The van der Waals surface area contributed by atoms with E-state index in [1.54, 1.807) is 4.90 Å². The van der Waals surface area contributed by atoms with Gasteiger partial charge in [0.15, 0.2) is 0 Å². The first-order valence-corrected chi connectivity index (χ1v) is 8.60. The number of amides is 2. The summed E-state index contributed by atoms with van der Waals surface area (Å²) in [6.07, 6.45) is 1.01. The van der Waals surface area contributed by atoms with Gasteiger partial charge in [0, 0.05) is 18.7 Å². The minimum atomic E-state index is -0.103. The molecule has 4 nitrogen and oxygen atoms in total. The number of rotatable bonds is 5. The first-order valence-electron chi connectivity index (χ1n) is 7.31. The summed E-state index contributed by atoms with van der Waals surface area (Å²) in [5.41, 5.74) is 2.94. The van der Waals surface area contributed by atoms with Crippen molar-refractivity contribution in [3.05, 3.63) is 29.3 Å². The lowest BCUT2D eigenvalue weighted by Gasteiger charge is -2.15. The van der Waals surface area contributed by atoms with E-state index in [4.69, 9.17) is 12.2 Å². The number of thiocarbonyl (C=S) groups is 1. The molecule has 6 heteroatoms. The predicted octanol–water partition coefficient (Wildman–Crippen LogP) is 3.27. The molecular formula is C16H20N2O2S2. The van der Waals surface area contributed by atoms with Crippen molar-refractivity contribution in [1.82, 2.24) is 4.90 Å². The van der Waals surface area contributed by atoms with Crippen molar-refractivity contribution in [3.8, 4) is 0 Å². The SMILES string of the molecule is CCC1SC(=S)N(CCC(=O)Nc2cc(C)ccc2C)C1=O. The minimum absolute atomic E-state index is 0.0250. The van der Waals surface area contributed by atoms with Crippen molar-refractivity contribution >= 4 is 45.8 Å². The fourth-order valence-electron chi connectivity index (χ4n) is 2.26. The maximum atomic E-state index is 12.1. The van der Waals surface area contributed by atoms with Gasteiger partial charge in [0.05, 0.1) is 5.25 Å². The van der Waals surface area contributed by atoms with Crippen molar-refractivity contribution in [2.45, 2.75) is 38.9 Å². The monoisotopic (exact) mass is 336 g/mol. The van der Waals surface area contributed by atoms with Crippen LogP contribution in [0.25, 0.3) is 0 Å². The normalized spacial score (nSPS) is 18.0. The highest BCUT2D eigenvalue weighted by Gasteiger charge is 2.35. The molecule has 22 heavy (non-hydrogen) atoms. The first kappa shape index (κ1) is 17.0. The molecule has 1 heterocycles. The Labute approximate surface area is 140 Å². The topological polar surface area (TPSA) is 49.4 Å². The Kier molecular flexibility index (Phi) is 5.58. The molecule has 0 aromatic heterocycles. The average Bonchev–Trinajstić information content (AvgIpc) is 2.75. The Morgan fingerprint density at radius 1 is 1.41 bits per heavy atom. The van der Waals surface area contributed by atoms with Crippen LogP contribution in [0.3, 0.4) is 0 Å². The van der Waals surface area contributed by atoms with E-state index in [1.807, 2.05) is 39.0 Å². The molecular weight excluding hydrogens is 316 g/mol. The quantitative estimate of drug-likeness (QED) is 0.839. The number of aryl methyl sites for hydroxylation is 2. The van der Waals surface area contributed by atoms with Crippen molar-refractivity contribution in [2.75, 3.05) is 11.9 Å². The molecule has 0 bridgehead atoms. The van der Waals surface area contributed by atoms with Gasteiger partial charge in [-0.1, -0.05) is 43.0 Å². The molecule has 118 valence electrons. The summed E-state index contributed by atoms with van der Waals surface area (Å²) in [7, 11) is 0. The summed E-state index contributed by atoms with van der Waals surface area (Å²) in [6.45, 7) is 6.25. The van der Waals surface area contributed by atoms with Gasteiger partial charge in [0.2, 0.25) is 11.8 Å². The van der Waals surface area contributed by atoms with Gasteiger partial charge in [-0.15, -0.1) is 0 Å². The number of benzene rings is 1. The Morgan fingerprint density at radius 3 is 2.77 bits per heavy atom. The van der Waals surface area contributed by atoms with E-state index in [1.165, 1.54) is 11.8 Å². The third kappa shape index (κ3) is 3.87. The van der Waals surface area contributed by atoms with Crippen LogP contribution in [-0.2, 0) is 9.59 Å². The smallest absolute Gasteiger partial charge is 0.241 e. The van der Waals surface area contributed by atoms with Crippen LogP contribution in [0.15, 0.2) is 18.2 Å². The maximum absolute atomic E-state index is 12.1. The Morgan fingerprint density at radius 2 is 2.14 bits per heavy atom. The van der Waals surface area contributed by atoms with Crippen molar-refractivity contribution in [3.63, 3.8) is 0 Å². The van der Waals surface area contributed by atoms with Crippen LogP contribution in [0, 0.1) is 13.8 Å². The second kappa shape index (κ2) is 7.24. The standard InChI is InChI=1S/C16H20N2O2S2/c1-4-13-15(20)18(16(21)22-13)8-7-14(19)17-12-9-10(2)5-6-11(12)3/h5-6,9,13H,4,7-8H2,1-3H3,(H,17,19). The van der Waals surface area contributed by atoms with Gasteiger partial charge in [-0.25, -0.2) is 0 Å². The van der Waals surface area contributed by atoms with Gasteiger partial charge in [0.1, 0.15) is 4.32 Å². The lowest BCUT2D eigenvalue weighted by molar-refractivity contribution is -0.126. The fourth-order valence-corrected chi connectivity index (χ4v) is 3.73. The molecule has 1 unspecified atom stereocenters. The van der Waals surface area contributed by atoms with E-state index in [9.17, 15) is 9.59 Å². The molecule has 1 aromatic rings. The van der Waals surface area contributed by atoms with Crippen molar-refractivity contribution in [2.24, 2.45) is 0 Å². The summed E-state index contributed by atoms with van der Waals surface area (Å²) in [5, 5.41) is 2.81. The lowest BCUT2D eigenvalue weighted by atomic mass is 10.1. The fraction of sp³-hybridized carbons (Fsp3) is 0.438. The van der Waals surface area contributed by atoms with E-state index in [2.05, 4.69) is 5.32 Å². The van der Waals surface area contributed by atoms with Gasteiger partial charge in [-0.05, 0) is 37.5 Å². The Hall–Kier alpha value is -1.40. The Bertz CT molecular complexity index is 616. The summed E-state index contributed by atoms with van der Waals surface area (Å²) in [4.78, 5) is 25.8. The molecule has 0 aliphatic carbocycles. The largest absolute Gasteiger partial charge is 0.326 e. The molecule has 1 atom stereocenters. The molecule has 1 N–H and O–H groups in total. The number of hydrogen-bond acceptors (Lipinski definition) is 4. The van der Waals surface area contributed by atoms with Crippen molar-refractivity contribution in [1.29, 1.82) is 0 Å². The van der Waals surface area contributed by atoms with Crippen molar-refractivity contribution < 1.29 is 9.59 Å². The second-order valence-corrected chi connectivity index (χ2v) is 7.22. The van der Waals surface area contributed by atoms with E-state index in [-0.39, 0.29) is 23.5 Å². The van der Waals surface area contributed by atoms with E-state index in [0.717, 1.165) is 23.2 Å². The molecule has 1 aromatic carbocycles. The van der Waals surface area contributed by atoms with E-state index in [0.29, 0.717) is 10.9 Å². The molecule has 2 rings (SSSR count). The third-order valence-corrected chi connectivity index (χ3v) is 5.36. The van der Waals surface area contributed by atoms with Gasteiger partial charge in [0.25, 0.3) is 0 Å². The van der Waals surface area contributed by atoms with Gasteiger partial charge in [-0.3, -0.25) is 14.5 Å². The summed E-state index contributed by atoms with van der Waals surface area (Å²) < 4.78 is 0.580. The van der Waals surface area contributed by atoms with Crippen LogP contribution in [0.5, 0.6) is 0 Å².